The summed E-state index contributed by atoms with van der Waals surface area (Å²) < 4.78 is 5.46. The number of carbonyl (C=O) groups excluding carboxylic acids is 1. The Labute approximate surface area is 138 Å². The molecule has 0 aliphatic carbocycles. The molecule has 2 aromatic rings. The van der Waals surface area contributed by atoms with Gasteiger partial charge in [-0.3, -0.25) is 4.79 Å². The normalized spacial score (nSPS) is 12.5. The van der Waals surface area contributed by atoms with Crippen molar-refractivity contribution in [2.24, 2.45) is 0 Å². The molecule has 3 heteroatoms. The minimum Gasteiger partial charge on any atom is -0.484 e. The maximum Gasteiger partial charge on any atom is 0.258 e. The lowest BCUT2D eigenvalue weighted by Gasteiger charge is -2.20. The van der Waals surface area contributed by atoms with Gasteiger partial charge in [-0.2, -0.15) is 0 Å². The fourth-order valence-corrected chi connectivity index (χ4v) is 2.30. The molecule has 3 nitrogen and oxygen atoms in total. The lowest BCUT2D eigenvalue weighted by atomic mass is 9.86. The maximum atomic E-state index is 12.0. The lowest BCUT2D eigenvalue weighted by molar-refractivity contribution is -0.123. The Morgan fingerprint density at radius 3 is 2.22 bits per heavy atom. The van der Waals surface area contributed by atoms with Gasteiger partial charge in [0.25, 0.3) is 5.91 Å². The van der Waals surface area contributed by atoms with Gasteiger partial charge < -0.3 is 10.1 Å². The smallest absolute Gasteiger partial charge is 0.258 e. The summed E-state index contributed by atoms with van der Waals surface area (Å²) >= 11 is 0. The van der Waals surface area contributed by atoms with Crippen LogP contribution >= 0.6 is 0 Å². The number of amides is 1. The third kappa shape index (κ3) is 5.13. The van der Waals surface area contributed by atoms with E-state index in [1.165, 1.54) is 5.56 Å². The lowest BCUT2D eigenvalue weighted by Crippen LogP contribution is -2.31. The molecule has 0 bridgehead atoms. The fourth-order valence-electron chi connectivity index (χ4n) is 2.30. The van der Waals surface area contributed by atoms with Gasteiger partial charge in [-0.1, -0.05) is 63.2 Å². The molecule has 0 aromatic heterocycles. The maximum absolute atomic E-state index is 12.0. The molecular formula is C20H25NO2. The molecule has 1 N–H and O–H groups in total. The average Bonchev–Trinajstić information content (AvgIpc) is 2.53. The van der Waals surface area contributed by atoms with Gasteiger partial charge in [0, 0.05) is 0 Å². The van der Waals surface area contributed by atoms with Crippen molar-refractivity contribution in [2.45, 2.75) is 39.2 Å². The van der Waals surface area contributed by atoms with Crippen LogP contribution in [-0.2, 0) is 10.2 Å². The summed E-state index contributed by atoms with van der Waals surface area (Å²) in [6.45, 7) is 8.57. The van der Waals surface area contributed by atoms with Crippen LogP contribution in [-0.4, -0.2) is 12.5 Å². The first kappa shape index (κ1) is 17.1. The van der Waals surface area contributed by atoms with Crippen molar-refractivity contribution < 1.29 is 9.53 Å². The topological polar surface area (TPSA) is 38.3 Å². The predicted octanol–water partition coefficient (Wildman–Crippen LogP) is 4.24. The van der Waals surface area contributed by atoms with Crippen molar-refractivity contribution in [2.75, 3.05) is 6.61 Å². The van der Waals surface area contributed by atoms with Gasteiger partial charge in [0.1, 0.15) is 5.75 Å². The molecule has 0 aliphatic heterocycles. The third-order valence-electron chi connectivity index (χ3n) is 3.77. The predicted molar refractivity (Wildman–Crippen MR) is 93.6 cm³/mol. The van der Waals surface area contributed by atoms with Crippen molar-refractivity contribution in [3.63, 3.8) is 0 Å². The minimum absolute atomic E-state index is 0.0223. The Bertz CT molecular complexity index is 627. The molecule has 0 saturated heterocycles. The van der Waals surface area contributed by atoms with Gasteiger partial charge in [0.2, 0.25) is 0 Å². The Kier molecular flexibility index (Phi) is 5.43. The van der Waals surface area contributed by atoms with Crippen LogP contribution in [0.15, 0.2) is 54.6 Å². The molecule has 23 heavy (non-hydrogen) atoms. The van der Waals surface area contributed by atoms with Gasteiger partial charge in [-0.05, 0) is 35.6 Å². The van der Waals surface area contributed by atoms with Crippen LogP contribution in [0, 0.1) is 0 Å². The molecular weight excluding hydrogens is 286 g/mol. The Morgan fingerprint density at radius 1 is 1.04 bits per heavy atom. The Hall–Kier alpha value is -2.29. The molecule has 0 aliphatic rings. The molecule has 0 heterocycles. The highest BCUT2D eigenvalue weighted by Crippen LogP contribution is 2.23. The van der Waals surface area contributed by atoms with Gasteiger partial charge in [-0.15, -0.1) is 0 Å². The molecule has 1 atom stereocenters. The standard InChI is InChI=1S/C20H25NO2/c1-15(16-10-12-17(13-11-16)20(2,3)4)21-19(22)14-23-18-8-6-5-7-9-18/h5-13,15H,14H2,1-4H3,(H,21,22). The summed E-state index contributed by atoms with van der Waals surface area (Å²) in [6, 6.07) is 17.7. The number of hydrogen-bond acceptors (Lipinski definition) is 2. The van der Waals surface area contributed by atoms with Gasteiger partial charge in [0.15, 0.2) is 6.61 Å². The van der Waals surface area contributed by atoms with Gasteiger partial charge >= 0.3 is 0 Å². The molecule has 0 fully saturated rings. The van der Waals surface area contributed by atoms with E-state index in [2.05, 4.69) is 50.4 Å². The number of nitrogens with one attached hydrogen (secondary N) is 1. The molecule has 2 rings (SSSR count). The van der Waals surface area contributed by atoms with E-state index < -0.39 is 0 Å². The van der Waals surface area contributed by atoms with E-state index >= 15 is 0 Å². The molecule has 0 radical (unpaired) electrons. The van der Waals surface area contributed by atoms with Crippen LogP contribution in [0.5, 0.6) is 5.75 Å². The molecule has 0 saturated carbocycles. The quantitative estimate of drug-likeness (QED) is 0.897. The largest absolute Gasteiger partial charge is 0.484 e. The zero-order valence-electron chi connectivity index (χ0n) is 14.3. The van der Waals surface area contributed by atoms with E-state index in [-0.39, 0.29) is 24.0 Å². The first-order chi connectivity index (χ1) is 10.9. The van der Waals surface area contributed by atoms with Crippen LogP contribution in [0.4, 0.5) is 0 Å². The Balaban J connectivity index is 1.88. The highest BCUT2D eigenvalue weighted by atomic mass is 16.5. The van der Waals surface area contributed by atoms with Crippen molar-refractivity contribution in [3.8, 4) is 5.75 Å². The van der Waals surface area contributed by atoms with E-state index in [0.29, 0.717) is 5.75 Å². The van der Waals surface area contributed by atoms with Gasteiger partial charge in [-0.25, -0.2) is 0 Å². The van der Waals surface area contributed by atoms with Crippen molar-refractivity contribution >= 4 is 5.91 Å². The number of benzene rings is 2. The van der Waals surface area contributed by atoms with Crippen LogP contribution in [0.25, 0.3) is 0 Å². The summed E-state index contributed by atoms with van der Waals surface area (Å²) in [6.07, 6.45) is 0. The summed E-state index contributed by atoms with van der Waals surface area (Å²) in [5.41, 5.74) is 2.51. The van der Waals surface area contributed by atoms with Crippen molar-refractivity contribution in [1.82, 2.24) is 5.32 Å². The average molecular weight is 311 g/mol. The minimum atomic E-state index is -0.124. The molecule has 1 amide bonds. The number of ether oxygens (including phenoxy) is 1. The van der Waals surface area contributed by atoms with E-state index in [1.54, 1.807) is 0 Å². The fraction of sp³-hybridized carbons (Fsp3) is 0.350. The highest BCUT2D eigenvalue weighted by Gasteiger charge is 2.15. The van der Waals surface area contributed by atoms with E-state index in [0.717, 1.165) is 5.56 Å². The van der Waals surface area contributed by atoms with Crippen molar-refractivity contribution in [1.29, 1.82) is 0 Å². The van der Waals surface area contributed by atoms with E-state index in [1.807, 2.05) is 37.3 Å². The molecule has 0 spiro atoms. The van der Waals surface area contributed by atoms with E-state index in [9.17, 15) is 4.79 Å². The van der Waals surface area contributed by atoms with Crippen LogP contribution in [0.2, 0.25) is 0 Å². The summed E-state index contributed by atoms with van der Waals surface area (Å²) in [5.74, 6) is 0.575. The first-order valence-electron chi connectivity index (χ1n) is 7.94. The van der Waals surface area contributed by atoms with Crippen LogP contribution in [0.3, 0.4) is 0 Å². The second kappa shape index (κ2) is 7.32. The van der Waals surface area contributed by atoms with E-state index in [4.69, 9.17) is 4.74 Å². The monoisotopic (exact) mass is 311 g/mol. The van der Waals surface area contributed by atoms with Crippen LogP contribution in [0.1, 0.15) is 44.9 Å². The number of hydrogen-bond donors (Lipinski definition) is 1. The second-order valence-electron chi connectivity index (χ2n) is 6.76. The SMILES string of the molecule is CC(NC(=O)COc1ccccc1)c1ccc(C(C)(C)C)cc1. The van der Waals surface area contributed by atoms with Crippen LogP contribution < -0.4 is 10.1 Å². The molecule has 1 unspecified atom stereocenters. The summed E-state index contributed by atoms with van der Waals surface area (Å²) in [5, 5.41) is 2.96. The molecule has 122 valence electrons. The number of rotatable bonds is 5. The summed E-state index contributed by atoms with van der Waals surface area (Å²) in [4.78, 5) is 12.0. The first-order valence-corrected chi connectivity index (χ1v) is 7.94. The highest BCUT2D eigenvalue weighted by molar-refractivity contribution is 5.78. The summed E-state index contributed by atoms with van der Waals surface area (Å²) in [7, 11) is 0. The Morgan fingerprint density at radius 2 is 1.65 bits per heavy atom. The van der Waals surface area contributed by atoms with Crippen molar-refractivity contribution in [3.05, 3.63) is 65.7 Å². The number of carbonyl (C=O) groups is 1. The molecule has 2 aromatic carbocycles. The number of para-hydroxylation sites is 1. The third-order valence-corrected chi connectivity index (χ3v) is 3.77. The second-order valence-corrected chi connectivity index (χ2v) is 6.76. The zero-order chi connectivity index (χ0) is 16.9. The zero-order valence-corrected chi connectivity index (χ0v) is 14.3. The van der Waals surface area contributed by atoms with Gasteiger partial charge in [0.05, 0.1) is 6.04 Å².